The number of nitrogens with zero attached hydrogens (tertiary/aromatic N) is 1. The number of halogens is 1. The molecule has 0 aliphatic rings. The number of methoxy groups -OCH3 is 1. The average Bonchev–Trinajstić information content (AvgIpc) is 2.72. The van der Waals surface area contributed by atoms with Gasteiger partial charge in [-0.05, 0) is 66.2 Å². The van der Waals surface area contributed by atoms with Gasteiger partial charge in [-0.2, -0.15) is 0 Å². The van der Waals surface area contributed by atoms with Crippen molar-refractivity contribution in [2.75, 3.05) is 14.2 Å². The number of hydrogen-bond donors (Lipinski definition) is 1. The summed E-state index contributed by atoms with van der Waals surface area (Å²) in [5, 5.41) is 5.17. The van der Waals surface area contributed by atoms with Gasteiger partial charge in [-0.3, -0.25) is 9.69 Å². The fraction of sp³-hybridized carbons (Fsp3) is 0.261. The van der Waals surface area contributed by atoms with Crippen molar-refractivity contribution in [1.82, 2.24) is 10.2 Å². The quantitative estimate of drug-likeness (QED) is 0.670. The molecule has 0 saturated carbocycles. The Balaban J connectivity index is 1.59. The molecule has 1 N–H and O–H groups in total. The predicted molar refractivity (Wildman–Crippen MR) is 110 cm³/mol. The molecule has 0 unspecified atom stereocenters. The summed E-state index contributed by atoms with van der Waals surface area (Å²) < 4.78 is 18.2. The molecule has 0 aromatic heterocycles. The number of amides is 1. The van der Waals surface area contributed by atoms with E-state index in [0.29, 0.717) is 13.1 Å². The Kier molecular flexibility index (Phi) is 6.26. The number of likely N-dealkylation sites (N-methyl/N-ethyl adjacent to an activating group) is 1. The second kappa shape index (κ2) is 8.85. The molecule has 3 aromatic carbocycles. The number of benzene rings is 3. The lowest BCUT2D eigenvalue weighted by molar-refractivity contribution is -0.125. The fourth-order valence-electron chi connectivity index (χ4n) is 3.06. The highest BCUT2D eigenvalue weighted by molar-refractivity contribution is 5.84. The Bertz CT molecular complexity index is 956. The third-order valence-corrected chi connectivity index (χ3v) is 4.96. The Labute approximate surface area is 164 Å². The van der Waals surface area contributed by atoms with E-state index in [1.54, 1.807) is 19.2 Å². The van der Waals surface area contributed by atoms with Crippen molar-refractivity contribution < 1.29 is 13.9 Å². The van der Waals surface area contributed by atoms with Gasteiger partial charge in [0.1, 0.15) is 11.6 Å². The van der Waals surface area contributed by atoms with E-state index < -0.39 is 0 Å². The predicted octanol–water partition coefficient (Wildman–Crippen LogP) is 4.12. The molecule has 0 spiro atoms. The van der Waals surface area contributed by atoms with Crippen molar-refractivity contribution in [2.24, 2.45) is 0 Å². The van der Waals surface area contributed by atoms with Crippen molar-refractivity contribution in [3.05, 3.63) is 77.6 Å². The monoisotopic (exact) mass is 380 g/mol. The van der Waals surface area contributed by atoms with E-state index in [0.717, 1.165) is 27.6 Å². The average molecular weight is 380 g/mol. The third kappa shape index (κ3) is 4.87. The number of ether oxygens (including phenoxy) is 1. The first-order valence-corrected chi connectivity index (χ1v) is 9.25. The molecule has 0 aliphatic carbocycles. The lowest BCUT2D eigenvalue weighted by Gasteiger charge is -2.24. The lowest BCUT2D eigenvalue weighted by atomic mass is 10.1. The van der Waals surface area contributed by atoms with E-state index in [4.69, 9.17) is 4.74 Å². The maximum absolute atomic E-state index is 13.0. The standard InChI is InChI=1S/C23H25FN2O2/c1-16(23(27)25-14-17-5-9-21(24)10-6-17)26(2)15-18-4-7-20-13-22(28-3)11-8-19(20)12-18/h4-13,16H,14-15H2,1-3H3,(H,25,27)/t16-/m1/s1. The Morgan fingerprint density at radius 3 is 2.39 bits per heavy atom. The van der Waals surface area contributed by atoms with Gasteiger partial charge in [0.25, 0.3) is 0 Å². The van der Waals surface area contributed by atoms with Gasteiger partial charge in [0, 0.05) is 13.1 Å². The molecule has 0 fully saturated rings. The van der Waals surface area contributed by atoms with Crippen LogP contribution in [0.1, 0.15) is 18.1 Å². The molecular weight excluding hydrogens is 355 g/mol. The summed E-state index contributed by atoms with van der Waals surface area (Å²) in [6, 6.07) is 18.1. The molecule has 1 amide bonds. The molecule has 1 atom stereocenters. The third-order valence-electron chi connectivity index (χ3n) is 4.96. The van der Waals surface area contributed by atoms with Gasteiger partial charge >= 0.3 is 0 Å². The topological polar surface area (TPSA) is 41.6 Å². The maximum atomic E-state index is 13.0. The van der Waals surface area contributed by atoms with E-state index in [1.165, 1.54) is 12.1 Å². The molecule has 5 heteroatoms. The Morgan fingerprint density at radius 1 is 1.04 bits per heavy atom. The fourth-order valence-corrected chi connectivity index (χ4v) is 3.06. The Hall–Kier alpha value is -2.92. The summed E-state index contributed by atoms with van der Waals surface area (Å²) in [6.07, 6.45) is 0. The second-order valence-electron chi connectivity index (χ2n) is 6.98. The van der Waals surface area contributed by atoms with E-state index >= 15 is 0 Å². The van der Waals surface area contributed by atoms with Crippen LogP contribution in [0, 0.1) is 5.82 Å². The highest BCUT2D eigenvalue weighted by Gasteiger charge is 2.18. The molecule has 0 saturated heterocycles. The summed E-state index contributed by atoms with van der Waals surface area (Å²) in [5.41, 5.74) is 2.01. The van der Waals surface area contributed by atoms with Crippen LogP contribution in [0.15, 0.2) is 60.7 Å². The van der Waals surface area contributed by atoms with E-state index in [1.807, 2.05) is 37.1 Å². The van der Waals surface area contributed by atoms with Crippen LogP contribution in [-0.2, 0) is 17.9 Å². The van der Waals surface area contributed by atoms with Crippen molar-refractivity contribution in [2.45, 2.75) is 26.1 Å². The van der Waals surface area contributed by atoms with Crippen molar-refractivity contribution in [3.63, 3.8) is 0 Å². The zero-order chi connectivity index (χ0) is 20.1. The SMILES string of the molecule is COc1ccc2cc(CN(C)[C@H](C)C(=O)NCc3ccc(F)cc3)ccc2c1. The van der Waals surface area contributed by atoms with Crippen molar-refractivity contribution in [1.29, 1.82) is 0 Å². The highest BCUT2D eigenvalue weighted by atomic mass is 19.1. The molecule has 0 heterocycles. The molecule has 0 aliphatic heterocycles. The first-order chi connectivity index (χ1) is 13.5. The summed E-state index contributed by atoms with van der Waals surface area (Å²) in [6.45, 7) is 2.92. The van der Waals surface area contributed by atoms with Crippen LogP contribution in [0.3, 0.4) is 0 Å². The summed E-state index contributed by atoms with van der Waals surface area (Å²) in [5.74, 6) is 0.498. The molecular formula is C23H25FN2O2. The van der Waals surface area contributed by atoms with Crippen molar-refractivity contribution >= 4 is 16.7 Å². The van der Waals surface area contributed by atoms with Gasteiger partial charge in [0.2, 0.25) is 5.91 Å². The van der Waals surface area contributed by atoms with E-state index in [2.05, 4.69) is 23.5 Å². The summed E-state index contributed by atoms with van der Waals surface area (Å²) in [7, 11) is 3.59. The molecule has 28 heavy (non-hydrogen) atoms. The van der Waals surface area contributed by atoms with Gasteiger partial charge in [-0.15, -0.1) is 0 Å². The van der Waals surface area contributed by atoms with Gasteiger partial charge < -0.3 is 10.1 Å². The van der Waals surface area contributed by atoms with E-state index in [9.17, 15) is 9.18 Å². The first kappa shape index (κ1) is 19.8. The molecule has 3 rings (SSSR count). The summed E-state index contributed by atoms with van der Waals surface area (Å²) >= 11 is 0. The molecule has 3 aromatic rings. The van der Waals surface area contributed by atoms with Crippen LogP contribution >= 0.6 is 0 Å². The minimum Gasteiger partial charge on any atom is -0.497 e. The molecule has 146 valence electrons. The minimum atomic E-state index is -0.285. The number of nitrogens with one attached hydrogen (secondary N) is 1. The maximum Gasteiger partial charge on any atom is 0.237 e. The minimum absolute atomic E-state index is 0.0580. The van der Waals surface area contributed by atoms with Crippen LogP contribution < -0.4 is 10.1 Å². The zero-order valence-corrected chi connectivity index (χ0v) is 16.4. The smallest absolute Gasteiger partial charge is 0.237 e. The van der Waals surface area contributed by atoms with Crippen molar-refractivity contribution in [3.8, 4) is 5.75 Å². The second-order valence-corrected chi connectivity index (χ2v) is 6.98. The summed E-state index contributed by atoms with van der Waals surface area (Å²) in [4.78, 5) is 14.5. The highest BCUT2D eigenvalue weighted by Crippen LogP contribution is 2.22. The number of hydrogen-bond acceptors (Lipinski definition) is 3. The lowest BCUT2D eigenvalue weighted by Crippen LogP contribution is -2.42. The van der Waals surface area contributed by atoms with Crippen LogP contribution in [0.4, 0.5) is 4.39 Å². The first-order valence-electron chi connectivity index (χ1n) is 9.25. The van der Waals surface area contributed by atoms with Gasteiger partial charge in [-0.25, -0.2) is 4.39 Å². The van der Waals surface area contributed by atoms with Gasteiger partial charge in [-0.1, -0.05) is 30.3 Å². The van der Waals surface area contributed by atoms with Crippen LogP contribution in [0.2, 0.25) is 0 Å². The van der Waals surface area contributed by atoms with E-state index in [-0.39, 0.29) is 17.8 Å². The molecule has 0 bridgehead atoms. The largest absolute Gasteiger partial charge is 0.497 e. The zero-order valence-electron chi connectivity index (χ0n) is 16.4. The molecule has 4 nitrogen and oxygen atoms in total. The number of carbonyl (C=O) groups excluding carboxylic acids is 1. The number of fused-ring (bicyclic) bond motifs is 1. The normalized spacial score (nSPS) is 12.2. The van der Waals surface area contributed by atoms with Crippen LogP contribution in [0.5, 0.6) is 5.75 Å². The number of rotatable bonds is 7. The van der Waals surface area contributed by atoms with Gasteiger partial charge in [0.05, 0.1) is 13.2 Å². The van der Waals surface area contributed by atoms with Crippen LogP contribution in [0.25, 0.3) is 10.8 Å². The van der Waals surface area contributed by atoms with Crippen LogP contribution in [-0.4, -0.2) is 31.0 Å². The Morgan fingerprint density at radius 2 is 1.68 bits per heavy atom. The van der Waals surface area contributed by atoms with Gasteiger partial charge in [0.15, 0.2) is 0 Å². The number of carbonyl (C=O) groups is 1. The molecule has 0 radical (unpaired) electrons.